The number of nitrogens with zero attached hydrogens (tertiary/aromatic N) is 4. The lowest BCUT2D eigenvalue weighted by Gasteiger charge is -2.11. The summed E-state index contributed by atoms with van der Waals surface area (Å²) in [5, 5.41) is 8.59. The van der Waals surface area contributed by atoms with E-state index in [1.165, 1.54) is 11.8 Å². The normalized spacial score (nSPS) is 11.4. The maximum absolute atomic E-state index is 12.5. The summed E-state index contributed by atoms with van der Waals surface area (Å²) in [4.78, 5) is 12.5. The second kappa shape index (κ2) is 7.13. The zero-order valence-corrected chi connectivity index (χ0v) is 14.8. The van der Waals surface area contributed by atoms with Gasteiger partial charge in [0.2, 0.25) is 0 Å². The van der Waals surface area contributed by atoms with Crippen LogP contribution < -0.4 is 0 Å². The molecule has 0 bridgehead atoms. The van der Waals surface area contributed by atoms with Crippen LogP contribution in [0.1, 0.15) is 42.0 Å². The van der Waals surface area contributed by atoms with Crippen molar-refractivity contribution >= 4 is 17.5 Å². The number of rotatable bonds is 7. The van der Waals surface area contributed by atoms with E-state index < -0.39 is 0 Å². The number of hydrogen-bond donors (Lipinski definition) is 0. The molecule has 0 amide bonds. The minimum Gasteiger partial charge on any atom is -0.348 e. The molecule has 0 saturated heterocycles. The molecule has 0 unspecified atom stereocenters. The van der Waals surface area contributed by atoms with E-state index in [1.807, 2.05) is 24.6 Å². The number of hydrogen-bond acceptors (Lipinski definition) is 4. The van der Waals surface area contributed by atoms with Crippen molar-refractivity contribution in [1.29, 1.82) is 0 Å². The fourth-order valence-electron chi connectivity index (χ4n) is 2.43. The lowest BCUT2D eigenvalue weighted by Crippen LogP contribution is -2.08. The van der Waals surface area contributed by atoms with Crippen LogP contribution in [0.3, 0.4) is 0 Å². The number of thioether (sulfide) groups is 1. The maximum atomic E-state index is 12.5. The van der Waals surface area contributed by atoms with Crippen LogP contribution in [0, 0.1) is 19.8 Å². The van der Waals surface area contributed by atoms with Crippen LogP contribution >= 0.6 is 11.8 Å². The average Bonchev–Trinajstić information content (AvgIpc) is 2.98. The third-order valence-electron chi connectivity index (χ3n) is 3.81. The minimum atomic E-state index is 0.150. The first-order valence-electron chi connectivity index (χ1n) is 7.57. The molecule has 6 heteroatoms. The van der Waals surface area contributed by atoms with Gasteiger partial charge in [-0.2, -0.15) is 0 Å². The van der Waals surface area contributed by atoms with Gasteiger partial charge >= 0.3 is 0 Å². The van der Waals surface area contributed by atoms with E-state index >= 15 is 0 Å². The van der Waals surface area contributed by atoms with E-state index in [0.717, 1.165) is 35.1 Å². The Labute approximate surface area is 136 Å². The first kappa shape index (κ1) is 16.8. The van der Waals surface area contributed by atoms with Crippen molar-refractivity contribution in [3.63, 3.8) is 0 Å². The summed E-state index contributed by atoms with van der Waals surface area (Å²) in [5.41, 5.74) is 3.06. The monoisotopic (exact) mass is 320 g/mol. The molecule has 0 radical (unpaired) electrons. The van der Waals surface area contributed by atoms with Crippen molar-refractivity contribution in [2.45, 2.75) is 45.8 Å². The van der Waals surface area contributed by atoms with Gasteiger partial charge in [0.1, 0.15) is 6.33 Å². The topological polar surface area (TPSA) is 52.7 Å². The average molecular weight is 320 g/mol. The van der Waals surface area contributed by atoms with E-state index in [-0.39, 0.29) is 5.78 Å². The molecule has 0 saturated carbocycles. The van der Waals surface area contributed by atoms with Gasteiger partial charge in [-0.05, 0) is 32.3 Å². The SMILES string of the molecule is Cc1cc(C(=O)CSc2nncn2C)c(C)n1CCC(C)C. The molecular weight excluding hydrogens is 296 g/mol. The molecule has 2 heterocycles. The van der Waals surface area contributed by atoms with Gasteiger partial charge in [-0.25, -0.2) is 0 Å². The zero-order valence-electron chi connectivity index (χ0n) is 14.0. The highest BCUT2D eigenvalue weighted by Gasteiger charge is 2.16. The summed E-state index contributed by atoms with van der Waals surface area (Å²) in [6.45, 7) is 9.52. The van der Waals surface area contributed by atoms with E-state index in [1.54, 1.807) is 6.33 Å². The summed E-state index contributed by atoms with van der Waals surface area (Å²) in [6.07, 6.45) is 2.77. The highest BCUT2D eigenvalue weighted by Crippen LogP contribution is 2.21. The van der Waals surface area contributed by atoms with E-state index in [4.69, 9.17) is 0 Å². The molecule has 0 fully saturated rings. The second-order valence-corrected chi connectivity index (χ2v) is 7.00. The standard InChI is InChI=1S/C16H24N4OS/c1-11(2)6-7-20-12(3)8-14(13(20)4)15(21)9-22-16-18-17-10-19(16)5/h8,10-11H,6-7,9H2,1-5H3. The smallest absolute Gasteiger partial charge is 0.191 e. The highest BCUT2D eigenvalue weighted by molar-refractivity contribution is 7.99. The molecule has 0 atom stereocenters. The molecule has 0 aliphatic rings. The van der Waals surface area contributed by atoms with Crippen LogP contribution in [-0.4, -0.2) is 30.9 Å². The first-order chi connectivity index (χ1) is 10.4. The van der Waals surface area contributed by atoms with Crippen molar-refractivity contribution in [1.82, 2.24) is 19.3 Å². The van der Waals surface area contributed by atoms with Crippen LogP contribution in [0.5, 0.6) is 0 Å². The third kappa shape index (κ3) is 3.80. The van der Waals surface area contributed by atoms with Crippen LogP contribution in [0.25, 0.3) is 0 Å². The number of Topliss-reactive ketones (excluding diaryl/α,β-unsaturated/α-hetero) is 1. The van der Waals surface area contributed by atoms with Crippen LogP contribution in [0.15, 0.2) is 17.6 Å². The lowest BCUT2D eigenvalue weighted by atomic mass is 10.1. The van der Waals surface area contributed by atoms with Crippen molar-refractivity contribution in [2.75, 3.05) is 5.75 Å². The van der Waals surface area contributed by atoms with Gasteiger partial charge in [-0.1, -0.05) is 25.6 Å². The van der Waals surface area contributed by atoms with Gasteiger partial charge in [0.25, 0.3) is 0 Å². The molecule has 0 aliphatic carbocycles. The van der Waals surface area contributed by atoms with Crippen molar-refractivity contribution < 1.29 is 4.79 Å². The Hall–Kier alpha value is -1.56. The summed E-state index contributed by atoms with van der Waals surface area (Å²) < 4.78 is 4.07. The Balaban J connectivity index is 2.06. The molecule has 0 aromatic carbocycles. The molecular formula is C16H24N4OS. The second-order valence-electron chi connectivity index (χ2n) is 6.06. The number of ketones is 1. The fourth-order valence-corrected chi connectivity index (χ4v) is 3.20. The number of aromatic nitrogens is 4. The largest absolute Gasteiger partial charge is 0.348 e. The maximum Gasteiger partial charge on any atom is 0.191 e. The highest BCUT2D eigenvalue weighted by atomic mass is 32.2. The van der Waals surface area contributed by atoms with Gasteiger partial charge in [-0.15, -0.1) is 10.2 Å². The first-order valence-corrected chi connectivity index (χ1v) is 8.55. The molecule has 0 spiro atoms. The predicted molar refractivity (Wildman–Crippen MR) is 89.4 cm³/mol. The van der Waals surface area contributed by atoms with Gasteiger partial charge in [0.05, 0.1) is 5.75 Å². The summed E-state index contributed by atoms with van der Waals surface area (Å²) in [6, 6.07) is 2.01. The summed E-state index contributed by atoms with van der Waals surface area (Å²) in [7, 11) is 1.88. The third-order valence-corrected chi connectivity index (χ3v) is 4.84. The Morgan fingerprint density at radius 1 is 1.36 bits per heavy atom. The minimum absolute atomic E-state index is 0.150. The summed E-state index contributed by atoms with van der Waals surface area (Å²) in [5.74, 6) is 1.20. The molecule has 5 nitrogen and oxygen atoms in total. The number of carbonyl (C=O) groups excluding carboxylic acids is 1. The van der Waals surface area contributed by atoms with Gasteiger partial charge < -0.3 is 9.13 Å². The van der Waals surface area contributed by atoms with Gasteiger partial charge in [0, 0.05) is 30.5 Å². The van der Waals surface area contributed by atoms with Crippen LogP contribution in [-0.2, 0) is 13.6 Å². The molecule has 2 aromatic heterocycles. The van der Waals surface area contributed by atoms with E-state index in [0.29, 0.717) is 11.7 Å². The molecule has 0 aliphatic heterocycles. The van der Waals surface area contributed by atoms with Crippen LogP contribution in [0.4, 0.5) is 0 Å². The Morgan fingerprint density at radius 2 is 2.09 bits per heavy atom. The zero-order chi connectivity index (χ0) is 16.3. The predicted octanol–water partition coefficient (Wildman–Crippen LogP) is 3.25. The molecule has 22 heavy (non-hydrogen) atoms. The van der Waals surface area contributed by atoms with Crippen molar-refractivity contribution in [2.24, 2.45) is 13.0 Å². The van der Waals surface area contributed by atoms with Gasteiger partial charge in [-0.3, -0.25) is 4.79 Å². The molecule has 0 N–H and O–H groups in total. The number of aryl methyl sites for hydroxylation is 2. The molecule has 120 valence electrons. The quantitative estimate of drug-likeness (QED) is 0.580. The Kier molecular flexibility index (Phi) is 5.45. The number of carbonyl (C=O) groups is 1. The fraction of sp³-hybridized carbons (Fsp3) is 0.562. The van der Waals surface area contributed by atoms with Crippen molar-refractivity contribution in [3.8, 4) is 0 Å². The van der Waals surface area contributed by atoms with Crippen molar-refractivity contribution in [3.05, 3.63) is 29.3 Å². The van der Waals surface area contributed by atoms with Crippen LogP contribution in [0.2, 0.25) is 0 Å². The van der Waals surface area contributed by atoms with E-state index in [9.17, 15) is 4.79 Å². The molecule has 2 rings (SSSR count). The van der Waals surface area contributed by atoms with E-state index in [2.05, 4.69) is 35.5 Å². The molecule has 2 aromatic rings. The Bertz CT molecular complexity index is 657. The van der Waals surface area contributed by atoms with Gasteiger partial charge in [0.15, 0.2) is 10.9 Å². The lowest BCUT2D eigenvalue weighted by molar-refractivity contribution is 0.102. The summed E-state index contributed by atoms with van der Waals surface area (Å²) >= 11 is 1.43. The Morgan fingerprint density at radius 3 is 2.68 bits per heavy atom.